The van der Waals surface area contributed by atoms with Crippen LogP contribution in [0.2, 0.25) is 0 Å². The summed E-state index contributed by atoms with van der Waals surface area (Å²) in [6, 6.07) is 8.17. The first-order chi connectivity index (χ1) is 13.0. The van der Waals surface area contributed by atoms with Crippen molar-refractivity contribution in [2.24, 2.45) is 5.92 Å². The summed E-state index contributed by atoms with van der Waals surface area (Å²) in [5.74, 6) is -1.16. The van der Waals surface area contributed by atoms with E-state index in [1.807, 2.05) is 37.5 Å². The molecule has 1 aliphatic carbocycles. The van der Waals surface area contributed by atoms with Crippen LogP contribution in [0.15, 0.2) is 48.2 Å². The normalized spacial score (nSPS) is 23.9. The molecule has 27 heavy (non-hydrogen) atoms. The highest BCUT2D eigenvalue weighted by Crippen LogP contribution is 2.52. The molecule has 0 spiro atoms. The standard InChI is InChI=1S/C21H22N2O4/c1-23-11-12(8-9-17(24)26-2)14-10-16(23)20-18(19(14)21(25)27-3)13-6-4-5-7-15(13)22-20/h4-9,11,14,16,19,22H,10H2,1-3H3/b9-8+/t14-,16-,19-/m1/s1. The van der Waals surface area contributed by atoms with Gasteiger partial charge in [-0.3, -0.25) is 4.79 Å². The molecule has 2 aromatic rings. The van der Waals surface area contributed by atoms with Gasteiger partial charge >= 0.3 is 11.9 Å². The predicted molar refractivity (Wildman–Crippen MR) is 101 cm³/mol. The van der Waals surface area contributed by atoms with Crippen LogP contribution >= 0.6 is 0 Å². The number of aromatic amines is 1. The summed E-state index contributed by atoms with van der Waals surface area (Å²) in [7, 11) is 4.78. The van der Waals surface area contributed by atoms with E-state index < -0.39 is 11.9 Å². The first kappa shape index (κ1) is 17.4. The van der Waals surface area contributed by atoms with E-state index in [9.17, 15) is 9.59 Å². The molecule has 2 aliphatic rings. The molecule has 1 aromatic carbocycles. The summed E-state index contributed by atoms with van der Waals surface area (Å²) < 4.78 is 9.87. The van der Waals surface area contributed by atoms with Gasteiger partial charge in [0.05, 0.1) is 26.2 Å². The number of hydrogen-bond acceptors (Lipinski definition) is 5. The number of H-pyrrole nitrogens is 1. The van der Waals surface area contributed by atoms with Gasteiger partial charge in [-0.1, -0.05) is 24.3 Å². The van der Waals surface area contributed by atoms with E-state index in [2.05, 4.69) is 9.88 Å². The van der Waals surface area contributed by atoms with Crippen LogP contribution in [0.4, 0.5) is 0 Å². The molecule has 3 atom stereocenters. The minimum absolute atomic E-state index is 0.0636. The maximum Gasteiger partial charge on any atom is 0.330 e. The van der Waals surface area contributed by atoms with E-state index in [0.29, 0.717) is 0 Å². The van der Waals surface area contributed by atoms with Gasteiger partial charge in [0.2, 0.25) is 0 Å². The quantitative estimate of drug-likeness (QED) is 0.668. The summed E-state index contributed by atoms with van der Waals surface area (Å²) in [6.07, 6.45) is 5.92. The van der Waals surface area contributed by atoms with Crippen LogP contribution in [-0.4, -0.2) is 43.1 Å². The summed E-state index contributed by atoms with van der Waals surface area (Å²) in [4.78, 5) is 30.0. The van der Waals surface area contributed by atoms with Crippen molar-refractivity contribution in [1.82, 2.24) is 9.88 Å². The van der Waals surface area contributed by atoms with Crippen molar-refractivity contribution in [2.75, 3.05) is 21.3 Å². The average Bonchev–Trinajstić information content (AvgIpc) is 3.07. The number of nitrogens with one attached hydrogen (secondary N) is 1. The topological polar surface area (TPSA) is 71.6 Å². The molecule has 0 unspecified atom stereocenters. The highest BCUT2D eigenvalue weighted by atomic mass is 16.5. The number of para-hydroxylation sites is 1. The first-order valence-corrected chi connectivity index (χ1v) is 8.93. The summed E-state index contributed by atoms with van der Waals surface area (Å²) in [6.45, 7) is 0. The van der Waals surface area contributed by atoms with Gasteiger partial charge in [-0.05, 0) is 23.6 Å². The molecule has 0 saturated heterocycles. The lowest BCUT2D eigenvalue weighted by Gasteiger charge is -2.43. The van der Waals surface area contributed by atoms with Crippen LogP contribution in [0.5, 0.6) is 0 Å². The van der Waals surface area contributed by atoms with E-state index in [0.717, 1.165) is 34.2 Å². The Morgan fingerprint density at radius 1 is 1.22 bits per heavy atom. The number of carbonyl (C=O) groups excluding carboxylic acids is 2. The van der Waals surface area contributed by atoms with Gasteiger partial charge in [-0.25, -0.2) is 4.79 Å². The van der Waals surface area contributed by atoms with Crippen LogP contribution in [-0.2, 0) is 19.1 Å². The fraction of sp³-hybridized carbons (Fsp3) is 0.333. The van der Waals surface area contributed by atoms with E-state index >= 15 is 0 Å². The molecule has 0 amide bonds. The van der Waals surface area contributed by atoms with Crippen LogP contribution in [0.25, 0.3) is 10.9 Å². The maximum atomic E-state index is 12.8. The molecule has 0 radical (unpaired) electrons. The second-order valence-electron chi connectivity index (χ2n) is 7.01. The summed E-state index contributed by atoms with van der Waals surface area (Å²) >= 11 is 0. The van der Waals surface area contributed by atoms with Crippen molar-refractivity contribution in [2.45, 2.75) is 18.4 Å². The maximum absolute atomic E-state index is 12.8. The lowest BCUT2D eigenvalue weighted by Crippen LogP contribution is -2.38. The fourth-order valence-corrected chi connectivity index (χ4v) is 4.41. The number of ether oxygens (including phenoxy) is 2. The Hall–Kier alpha value is -3.02. The van der Waals surface area contributed by atoms with Crippen LogP contribution in [0.3, 0.4) is 0 Å². The highest BCUT2D eigenvalue weighted by molar-refractivity contribution is 5.92. The Morgan fingerprint density at radius 2 is 2.00 bits per heavy atom. The molecule has 1 aliphatic heterocycles. The molecule has 140 valence electrons. The molecular weight excluding hydrogens is 344 g/mol. The number of fused-ring (bicyclic) bond motifs is 6. The van der Waals surface area contributed by atoms with Gasteiger partial charge in [0.15, 0.2) is 0 Å². The number of hydrogen-bond donors (Lipinski definition) is 1. The molecule has 6 nitrogen and oxygen atoms in total. The zero-order chi connectivity index (χ0) is 19.1. The molecule has 1 aromatic heterocycles. The number of nitrogens with zero attached hydrogens (tertiary/aromatic N) is 1. The molecule has 0 fully saturated rings. The number of allylic oxidation sites excluding steroid dienone is 2. The lowest BCUT2D eigenvalue weighted by atomic mass is 9.69. The number of carbonyl (C=O) groups is 2. The number of methoxy groups -OCH3 is 2. The fourth-order valence-electron chi connectivity index (χ4n) is 4.41. The number of benzene rings is 1. The Bertz CT molecular complexity index is 972. The van der Waals surface area contributed by atoms with E-state index in [1.54, 1.807) is 6.08 Å². The molecule has 4 rings (SSSR count). The third-order valence-electron chi connectivity index (χ3n) is 5.64. The van der Waals surface area contributed by atoms with E-state index in [1.165, 1.54) is 20.3 Å². The Morgan fingerprint density at radius 3 is 2.74 bits per heavy atom. The van der Waals surface area contributed by atoms with Crippen molar-refractivity contribution in [3.05, 3.63) is 59.4 Å². The molecule has 1 N–H and O–H groups in total. The van der Waals surface area contributed by atoms with Gasteiger partial charge < -0.3 is 19.4 Å². The van der Waals surface area contributed by atoms with Crippen molar-refractivity contribution in [3.63, 3.8) is 0 Å². The number of aromatic nitrogens is 1. The van der Waals surface area contributed by atoms with Crippen LogP contribution in [0.1, 0.15) is 29.6 Å². The van der Waals surface area contributed by atoms with Gasteiger partial charge in [0, 0.05) is 41.8 Å². The number of rotatable bonds is 3. The Kier molecular flexibility index (Phi) is 4.26. The largest absolute Gasteiger partial charge is 0.469 e. The third kappa shape index (κ3) is 2.72. The van der Waals surface area contributed by atoms with Gasteiger partial charge in [0.25, 0.3) is 0 Å². The van der Waals surface area contributed by atoms with E-state index in [-0.39, 0.29) is 17.9 Å². The summed E-state index contributed by atoms with van der Waals surface area (Å²) in [5, 5.41) is 1.05. The van der Waals surface area contributed by atoms with Crippen molar-refractivity contribution < 1.29 is 19.1 Å². The number of esters is 2. The second-order valence-corrected chi connectivity index (χ2v) is 7.01. The Labute approximate surface area is 157 Å². The Balaban J connectivity index is 1.88. The lowest BCUT2D eigenvalue weighted by molar-refractivity contribution is -0.144. The van der Waals surface area contributed by atoms with Gasteiger partial charge in [0.1, 0.15) is 0 Å². The smallest absolute Gasteiger partial charge is 0.330 e. The monoisotopic (exact) mass is 366 g/mol. The van der Waals surface area contributed by atoms with Crippen LogP contribution < -0.4 is 0 Å². The van der Waals surface area contributed by atoms with Crippen molar-refractivity contribution in [1.29, 1.82) is 0 Å². The first-order valence-electron chi connectivity index (χ1n) is 8.93. The molecule has 2 heterocycles. The highest BCUT2D eigenvalue weighted by Gasteiger charge is 2.46. The van der Waals surface area contributed by atoms with Gasteiger partial charge in [-0.2, -0.15) is 0 Å². The molecular formula is C21H22N2O4. The average molecular weight is 366 g/mol. The SMILES string of the molecule is COC(=O)/C=C/C1=CN(C)[C@@H]2C[C@H]1[C@@H](C(=O)OC)c1c2[nH]c2ccccc12. The minimum Gasteiger partial charge on any atom is -0.469 e. The van der Waals surface area contributed by atoms with Crippen LogP contribution in [0, 0.1) is 5.92 Å². The molecule has 0 saturated carbocycles. The third-order valence-corrected chi connectivity index (χ3v) is 5.64. The minimum atomic E-state index is -0.418. The predicted octanol–water partition coefficient (Wildman–Crippen LogP) is 3.04. The zero-order valence-corrected chi connectivity index (χ0v) is 15.6. The van der Waals surface area contributed by atoms with E-state index in [4.69, 9.17) is 9.47 Å². The molecule has 2 bridgehead atoms. The zero-order valence-electron chi connectivity index (χ0n) is 15.6. The van der Waals surface area contributed by atoms with Crippen molar-refractivity contribution >= 4 is 22.8 Å². The van der Waals surface area contributed by atoms with Gasteiger partial charge in [-0.15, -0.1) is 0 Å². The summed E-state index contributed by atoms with van der Waals surface area (Å²) in [5.41, 5.74) is 4.01. The molecule has 6 heteroatoms. The second kappa shape index (κ2) is 6.61. The van der Waals surface area contributed by atoms with Crippen molar-refractivity contribution in [3.8, 4) is 0 Å².